The molecule has 2 aromatic carbocycles. The van der Waals surface area contributed by atoms with Crippen molar-refractivity contribution >= 4 is 34.8 Å². The molecule has 0 fully saturated rings. The average molecular weight is 336 g/mol. The summed E-state index contributed by atoms with van der Waals surface area (Å²) in [7, 11) is 0. The van der Waals surface area contributed by atoms with Crippen LogP contribution in [0.3, 0.4) is 0 Å². The molecule has 0 saturated carbocycles. The number of benzene rings is 2. The molecule has 0 saturated heterocycles. The SMILES string of the molecule is O=C1Nc2cccc3c2[N+](CCCc2ccccc2)(C(=O)CN3)C1=O. The lowest BCUT2D eigenvalue weighted by atomic mass is 10.0. The second kappa shape index (κ2) is 5.82. The number of imide groups is 1. The zero-order valence-electron chi connectivity index (χ0n) is 13.6. The van der Waals surface area contributed by atoms with Crippen molar-refractivity contribution in [2.24, 2.45) is 0 Å². The Morgan fingerprint density at radius 1 is 0.920 bits per heavy atom. The first kappa shape index (κ1) is 15.5. The van der Waals surface area contributed by atoms with Crippen LogP contribution in [0.15, 0.2) is 48.5 Å². The van der Waals surface area contributed by atoms with Gasteiger partial charge in [-0.05, 0) is 24.1 Å². The Morgan fingerprint density at radius 3 is 2.48 bits per heavy atom. The molecule has 2 N–H and O–H groups in total. The van der Waals surface area contributed by atoms with Gasteiger partial charge in [0.2, 0.25) is 0 Å². The number of nitrogens with zero attached hydrogens (tertiary/aromatic N) is 1. The van der Waals surface area contributed by atoms with Crippen molar-refractivity contribution < 1.29 is 14.4 Å². The molecule has 0 bridgehead atoms. The van der Waals surface area contributed by atoms with Crippen molar-refractivity contribution in [3.8, 4) is 0 Å². The molecule has 0 aromatic heterocycles. The summed E-state index contributed by atoms with van der Waals surface area (Å²) >= 11 is 0. The topological polar surface area (TPSA) is 75.3 Å². The Hall–Kier alpha value is -2.99. The van der Waals surface area contributed by atoms with Crippen LogP contribution >= 0.6 is 0 Å². The van der Waals surface area contributed by atoms with E-state index in [9.17, 15) is 14.4 Å². The fourth-order valence-corrected chi connectivity index (χ4v) is 3.70. The highest BCUT2D eigenvalue weighted by Crippen LogP contribution is 2.44. The second-order valence-electron chi connectivity index (χ2n) is 6.33. The molecule has 2 aliphatic heterocycles. The number of carbonyl (C=O) groups is 3. The van der Waals surface area contributed by atoms with Crippen LogP contribution in [-0.4, -0.2) is 30.8 Å². The lowest BCUT2D eigenvalue weighted by Crippen LogP contribution is -2.67. The lowest BCUT2D eigenvalue weighted by Gasteiger charge is -2.40. The molecule has 0 spiro atoms. The highest BCUT2D eigenvalue weighted by Gasteiger charge is 2.57. The van der Waals surface area contributed by atoms with Crippen LogP contribution in [0.2, 0.25) is 0 Å². The van der Waals surface area contributed by atoms with Gasteiger partial charge in [-0.15, -0.1) is 0 Å². The van der Waals surface area contributed by atoms with Gasteiger partial charge in [-0.3, -0.25) is 4.79 Å². The Bertz CT molecular complexity index is 879. The third-order valence-electron chi connectivity index (χ3n) is 4.86. The molecule has 126 valence electrons. The third kappa shape index (κ3) is 2.34. The van der Waals surface area contributed by atoms with E-state index in [4.69, 9.17) is 0 Å². The highest BCUT2D eigenvalue weighted by molar-refractivity contribution is 6.49. The van der Waals surface area contributed by atoms with Gasteiger partial charge in [0.1, 0.15) is 12.2 Å². The third-order valence-corrected chi connectivity index (χ3v) is 4.86. The monoisotopic (exact) mass is 336 g/mol. The molecule has 2 aliphatic rings. The van der Waals surface area contributed by atoms with Gasteiger partial charge in [0.15, 0.2) is 5.69 Å². The standard InChI is InChI=1S/C19H17N3O3/c23-16-12-20-14-9-4-10-15-17(14)22(16,19(25)18(24)21-15)11-5-8-13-6-2-1-3-7-13/h1-4,6-7,9-10,20H,5,8,11-12H2/p+1. The van der Waals surface area contributed by atoms with Crippen molar-refractivity contribution in [1.29, 1.82) is 0 Å². The first-order valence-electron chi connectivity index (χ1n) is 8.31. The molecule has 1 atom stereocenters. The fourth-order valence-electron chi connectivity index (χ4n) is 3.70. The van der Waals surface area contributed by atoms with Gasteiger partial charge >= 0.3 is 17.7 Å². The summed E-state index contributed by atoms with van der Waals surface area (Å²) in [6, 6.07) is 15.3. The van der Waals surface area contributed by atoms with E-state index in [1.165, 1.54) is 0 Å². The number of anilines is 2. The van der Waals surface area contributed by atoms with Gasteiger partial charge in [-0.2, -0.15) is 4.48 Å². The number of hydrogen-bond donors (Lipinski definition) is 2. The molecule has 1 unspecified atom stereocenters. The zero-order valence-corrected chi connectivity index (χ0v) is 13.6. The first-order valence-corrected chi connectivity index (χ1v) is 8.31. The van der Waals surface area contributed by atoms with E-state index in [0.717, 1.165) is 17.7 Å². The van der Waals surface area contributed by atoms with Crippen molar-refractivity contribution in [3.63, 3.8) is 0 Å². The van der Waals surface area contributed by atoms with Crippen LogP contribution in [0.1, 0.15) is 12.0 Å². The van der Waals surface area contributed by atoms with Crippen LogP contribution in [0.25, 0.3) is 0 Å². The van der Waals surface area contributed by atoms with E-state index in [1.807, 2.05) is 36.4 Å². The molecule has 6 nitrogen and oxygen atoms in total. The van der Waals surface area contributed by atoms with E-state index >= 15 is 0 Å². The molecule has 4 rings (SSSR count). The van der Waals surface area contributed by atoms with Gasteiger partial charge in [-0.1, -0.05) is 36.4 Å². The summed E-state index contributed by atoms with van der Waals surface area (Å²) < 4.78 is -0.517. The van der Waals surface area contributed by atoms with Crippen molar-refractivity contribution in [2.45, 2.75) is 12.8 Å². The normalized spacial score (nSPS) is 21.4. The predicted molar refractivity (Wildman–Crippen MR) is 95.0 cm³/mol. The highest BCUT2D eigenvalue weighted by atomic mass is 16.2. The number of quaternary nitrogens is 1. The Balaban J connectivity index is 1.73. The fraction of sp³-hybridized carbons (Fsp3) is 0.211. The van der Waals surface area contributed by atoms with Crippen LogP contribution in [-0.2, 0) is 20.8 Å². The largest absolute Gasteiger partial charge is 0.416 e. The maximum absolute atomic E-state index is 12.8. The van der Waals surface area contributed by atoms with Gasteiger partial charge in [0, 0.05) is 6.42 Å². The predicted octanol–water partition coefficient (Wildman–Crippen LogP) is 2.06. The summed E-state index contributed by atoms with van der Waals surface area (Å²) in [4.78, 5) is 37.8. The number of hydrogen-bond acceptors (Lipinski definition) is 4. The summed E-state index contributed by atoms with van der Waals surface area (Å²) in [6.45, 7) is 0.326. The Morgan fingerprint density at radius 2 is 1.68 bits per heavy atom. The maximum Gasteiger partial charge on any atom is 0.416 e. The summed E-state index contributed by atoms with van der Waals surface area (Å²) in [5.74, 6) is -1.70. The molecule has 3 amide bonds. The second-order valence-corrected chi connectivity index (χ2v) is 6.33. The van der Waals surface area contributed by atoms with Gasteiger partial charge in [0.05, 0.1) is 12.2 Å². The van der Waals surface area contributed by atoms with Crippen molar-refractivity contribution in [3.05, 3.63) is 54.1 Å². The molecular formula is C19H18N3O3+. The quantitative estimate of drug-likeness (QED) is 0.509. The number of carbonyl (C=O) groups excluding carboxylic acids is 3. The van der Waals surface area contributed by atoms with E-state index in [2.05, 4.69) is 10.6 Å². The molecule has 2 heterocycles. The lowest BCUT2D eigenvalue weighted by molar-refractivity contribution is -0.150. The van der Waals surface area contributed by atoms with Crippen LogP contribution in [0.4, 0.5) is 17.1 Å². The summed E-state index contributed by atoms with van der Waals surface area (Å²) in [5.41, 5.74) is 2.97. The number of nitrogens with one attached hydrogen (secondary N) is 2. The number of amides is 3. The molecular weight excluding hydrogens is 318 g/mol. The maximum atomic E-state index is 12.8. The van der Waals surface area contributed by atoms with E-state index in [1.54, 1.807) is 12.1 Å². The van der Waals surface area contributed by atoms with Gasteiger partial charge in [-0.25, -0.2) is 9.59 Å². The average Bonchev–Trinajstić information content (AvgIpc) is 2.63. The molecule has 6 heteroatoms. The first-order chi connectivity index (χ1) is 12.1. The van der Waals surface area contributed by atoms with Crippen LogP contribution in [0, 0.1) is 0 Å². The van der Waals surface area contributed by atoms with Crippen LogP contribution in [0.5, 0.6) is 0 Å². The minimum absolute atomic E-state index is 0.0425. The van der Waals surface area contributed by atoms with Crippen molar-refractivity contribution in [1.82, 2.24) is 4.48 Å². The number of para-hydroxylation sites is 1. The smallest absolute Gasteiger partial charge is 0.368 e. The molecule has 0 aliphatic carbocycles. The van der Waals surface area contributed by atoms with Gasteiger partial charge < -0.3 is 10.6 Å². The summed E-state index contributed by atoms with van der Waals surface area (Å²) in [6.07, 6.45) is 1.37. The van der Waals surface area contributed by atoms with Gasteiger partial charge in [0.25, 0.3) is 0 Å². The minimum Gasteiger partial charge on any atom is -0.368 e. The Labute approximate surface area is 145 Å². The number of aryl methyl sites for hydroxylation is 1. The van der Waals surface area contributed by atoms with E-state index in [0.29, 0.717) is 17.8 Å². The molecule has 2 aromatic rings. The van der Waals surface area contributed by atoms with Crippen LogP contribution < -0.4 is 15.1 Å². The minimum atomic E-state index is -0.723. The summed E-state index contributed by atoms with van der Waals surface area (Å²) in [5, 5.41) is 5.66. The molecule has 0 radical (unpaired) electrons. The number of rotatable bonds is 4. The van der Waals surface area contributed by atoms with Crippen molar-refractivity contribution in [2.75, 3.05) is 23.7 Å². The van der Waals surface area contributed by atoms with E-state index < -0.39 is 16.3 Å². The Kier molecular flexibility index (Phi) is 3.62. The zero-order chi connectivity index (χ0) is 17.4. The van der Waals surface area contributed by atoms with E-state index in [-0.39, 0.29) is 19.0 Å². The molecule has 25 heavy (non-hydrogen) atoms.